The largest absolute Gasteiger partial charge is 0.396 e. The van der Waals surface area contributed by atoms with Gasteiger partial charge in [0.15, 0.2) is 5.78 Å². The summed E-state index contributed by atoms with van der Waals surface area (Å²) in [4.78, 5) is 10.4. The smallest absolute Gasteiger partial charge is 0.175 e. The van der Waals surface area contributed by atoms with Crippen molar-refractivity contribution < 1.29 is 4.79 Å². The Morgan fingerprint density at radius 2 is 2.00 bits per heavy atom. The molecule has 0 atom stereocenters. The molecule has 0 aromatic carbocycles. The van der Waals surface area contributed by atoms with E-state index in [2.05, 4.69) is 6.58 Å². The molecule has 2 nitrogen and oxygen atoms in total. The maximum Gasteiger partial charge on any atom is 0.175 e. The molecule has 0 aliphatic heterocycles. The van der Waals surface area contributed by atoms with Crippen molar-refractivity contribution in [3.63, 3.8) is 0 Å². The van der Waals surface area contributed by atoms with Crippen LogP contribution in [-0.4, -0.2) is 5.78 Å². The van der Waals surface area contributed by atoms with E-state index in [0.717, 1.165) is 5.57 Å². The van der Waals surface area contributed by atoms with Crippen LogP contribution in [0, 0.1) is 0 Å². The van der Waals surface area contributed by atoms with Gasteiger partial charge < -0.3 is 5.73 Å². The van der Waals surface area contributed by atoms with Gasteiger partial charge in [-0.25, -0.2) is 0 Å². The fourth-order valence-electron chi connectivity index (χ4n) is 0.367. The third kappa shape index (κ3) is 3.53. The zero-order valence-corrected chi connectivity index (χ0v) is 5.77. The summed E-state index contributed by atoms with van der Waals surface area (Å²) in [7, 11) is 0. The second-order valence-corrected chi connectivity index (χ2v) is 2.00. The Balaban J connectivity index is 4.17. The molecule has 50 valence electrons. The quantitative estimate of drug-likeness (QED) is 0.442. The molecule has 0 aromatic heterocycles. The highest BCUT2D eigenvalue weighted by Gasteiger charge is 1.93. The molecule has 0 spiro atoms. The molecule has 0 saturated heterocycles. The van der Waals surface area contributed by atoms with Crippen molar-refractivity contribution in [3.05, 3.63) is 23.9 Å². The van der Waals surface area contributed by atoms with E-state index in [1.807, 2.05) is 0 Å². The lowest BCUT2D eigenvalue weighted by atomic mass is 10.2. The molecule has 0 rings (SSSR count). The Morgan fingerprint density at radius 3 is 2.11 bits per heavy atom. The fraction of sp³-hybridized carbons (Fsp3) is 0.286. The number of hydrogen-bond donors (Lipinski definition) is 1. The van der Waals surface area contributed by atoms with Crippen LogP contribution in [0.1, 0.15) is 13.8 Å². The molecular formula is C7H11NO. The van der Waals surface area contributed by atoms with Gasteiger partial charge in [-0.3, -0.25) is 4.79 Å². The van der Waals surface area contributed by atoms with Gasteiger partial charge in [0.2, 0.25) is 0 Å². The summed E-state index contributed by atoms with van der Waals surface area (Å²) in [5, 5.41) is 0. The SMILES string of the molecule is C=C(C)/C=C(/N)C(C)=O. The average Bonchev–Trinajstić information content (AvgIpc) is 1.63. The molecule has 0 saturated carbocycles. The van der Waals surface area contributed by atoms with E-state index < -0.39 is 0 Å². The number of allylic oxidation sites excluding steroid dienone is 3. The molecular weight excluding hydrogens is 114 g/mol. The minimum absolute atomic E-state index is 0.113. The first-order valence-corrected chi connectivity index (χ1v) is 2.67. The van der Waals surface area contributed by atoms with Gasteiger partial charge in [0.25, 0.3) is 0 Å². The lowest BCUT2D eigenvalue weighted by Crippen LogP contribution is -2.06. The van der Waals surface area contributed by atoms with Crippen molar-refractivity contribution in [2.75, 3.05) is 0 Å². The number of nitrogens with two attached hydrogens (primary N) is 1. The van der Waals surface area contributed by atoms with Crippen molar-refractivity contribution >= 4 is 5.78 Å². The van der Waals surface area contributed by atoms with E-state index in [-0.39, 0.29) is 11.5 Å². The molecule has 0 aromatic rings. The van der Waals surface area contributed by atoms with E-state index >= 15 is 0 Å². The zero-order valence-electron chi connectivity index (χ0n) is 5.77. The third-order valence-corrected chi connectivity index (χ3v) is 0.808. The highest BCUT2D eigenvalue weighted by molar-refractivity contribution is 5.92. The van der Waals surface area contributed by atoms with Gasteiger partial charge in [0.05, 0.1) is 5.70 Å². The average molecular weight is 125 g/mol. The van der Waals surface area contributed by atoms with Crippen LogP contribution in [0.2, 0.25) is 0 Å². The molecule has 0 bridgehead atoms. The second-order valence-electron chi connectivity index (χ2n) is 2.00. The van der Waals surface area contributed by atoms with Crippen molar-refractivity contribution in [2.45, 2.75) is 13.8 Å². The number of carbonyl (C=O) groups is 1. The standard InChI is InChI=1S/C7H11NO/c1-5(2)4-7(8)6(3)9/h4H,1,8H2,2-3H3/b7-4+. The summed E-state index contributed by atoms with van der Waals surface area (Å²) < 4.78 is 0. The van der Waals surface area contributed by atoms with Gasteiger partial charge in [-0.2, -0.15) is 0 Å². The van der Waals surface area contributed by atoms with Gasteiger partial charge in [0, 0.05) is 6.92 Å². The van der Waals surface area contributed by atoms with Crippen molar-refractivity contribution in [3.8, 4) is 0 Å². The van der Waals surface area contributed by atoms with E-state index in [1.54, 1.807) is 13.0 Å². The summed E-state index contributed by atoms with van der Waals surface area (Å²) in [6, 6.07) is 0. The lowest BCUT2D eigenvalue weighted by Gasteiger charge is -1.91. The first-order valence-electron chi connectivity index (χ1n) is 2.67. The topological polar surface area (TPSA) is 43.1 Å². The first-order chi connectivity index (χ1) is 4.04. The molecule has 2 N–H and O–H groups in total. The minimum atomic E-state index is -0.113. The Bertz CT molecular complexity index is 168. The van der Waals surface area contributed by atoms with E-state index in [4.69, 9.17) is 5.73 Å². The minimum Gasteiger partial charge on any atom is -0.396 e. The molecule has 0 heterocycles. The normalized spacial score (nSPS) is 11.1. The van der Waals surface area contributed by atoms with Gasteiger partial charge in [-0.05, 0) is 13.0 Å². The Hall–Kier alpha value is -1.05. The Kier molecular flexibility index (Phi) is 2.71. The van der Waals surface area contributed by atoms with E-state index in [1.165, 1.54) is 6.92 Å². The van der Waals surface area contributed by atoms with Crippen LogP contribution in [-0.2, 0) is 4.79 Å². The molecule has 0 amide bonds. The van der Waals surface area contributed by atoms with E-state index in [9.17, 15) is 4.79 Å². The van der Waals surface area contributed by atoms with Gasteiger partial charge >= 0.3 is 0 Å². The summed E-state index contributed by atoms with van der Waals surface area (Å²) >= 11 is 0. The van der Waals surface area contributed by atoms with Crippen LogP contribution in [0.25, 0.3) is 0 Å². The molecule has 0 fully saturated rings. The van der Waals surface area contributed by atoms with Crippen LogP contribution in [0.3, 0.4) is 0 Å². The van der Waals surface area contributed by atoms with Gasteiger partial charge in [-0.15, -0.1) is 0 Å². The van der Waals surface area contributed by atoms with Crippen LogP contribution < -0.4 is 5.73 Å². The van der Waals surface area contributed by atoms with E-state index in [0.29, 0.717) is 0 Å². The summed E-state index contributed by atoms with van der Waals surface area (Å²) in [6.07, 6.45) is 1.56. The second kappa shape index (κ2) is 3.07. The maximum atomic E-state index is 10.4. The Labute approximate surface area is 55.1 Å². The number of ketones is 1. The summed E-state index contributed by atoms with van der Waals surface area (Å²) in [5.74, 6) is -0.113. The maximum absolute atomic E-state index is 10.4. The number of rotatable bonds is 2. The van der Waals surface area contributed by atoms with Gasteiger partial charge in [-0.1, -0.05) is 12.2 Å². The number of hydrogen-bond acceptors (Lipinski definition) is 2. The Morgan fingerprint density at radius 1 is 1.56 bits per heavy atom. The van der Waals surface area contributed by atoms with Crippen molar-refractivity contribution in [1.82, 2.24) is 0 Å². The van der Waals surface area contributed by atoms with Crippen molar-refractivity contribution in [1.29, 1.82) is 0 Å². The van der Waals surface area contributed by atoms with Crippen LogP contribution >= 0.6 is 0 Å². The summed E-state index contributed by atoms with van der Waals surface area (Å²) in [6.45, 7) is 6.78. The molecule has 2 heteroatoms. The summed E-state index contributed by atoms with van der Waals surface area (Å²) in [5.41, 5.74) is 6.33. The van der Waals surface area contributed by atoms with Gasteiger partial charge in [0.1, 0.15) is 0 Å². The predicted molar refractivity (Wildman–Crippen MR) is 37.8 cm³/mol. The number of Topliss-reactive ketones (excluding diaryl/α,β-unsaturated/α-hetero) is 1. The predicted octanol–water partition coefficient (Wildman–Crippen LogP) is 0.994. The highest BCUT2D eigenvalue weighted by atomic mass is 16.1. The molecule has 9 heavy (non-hydrogen) atoms. The molecule has 0 unspecified atom stereocenters. The zero-order chi connectivity index (χ0) is 7.44. The molecule has 0 radical (unpaired) electrons. The number of carbonyl (C=O) groups excluding carboxylic acids is 1. The first kappa shape index (κ1) is 7.95. The fourth-order valence-corrected chi connectivity index (χ4v) is 0.367. The molecule has 0 aliphatic rings. The molecule has 0 aliphatic carbocycles. The monoisotopic (exact) mass is 125 g/mol. The van der Waals surface area contributed by atoms with Crippen LogP contribution in [0.4, 0.5) is 0 Å². The van der Waals surface area contributed by atoms with Crippen LogP contribution in [0.5, 0.6) is 0 Å². The highest BCUT2D eigenvalue weighted by Crippen LogP contribution is 1.93. The lowest BCUT2D eigenvalue weighted by molar-refractivity contribution is -0.113. The third-order valence-electron chi connectivity index (χ3n) is 0.808. The van der Waals surface area contributed by atoms with Crippen molar-refractivity contribution in [2.24, 2.45) is 5.73 Å². The van der Waals surface area contributed by atoms with Crippen LogP contribution in [0.15, 0.2) is 23.9 Å².